The molecule has 2 aromatic rings. The Labute approximate surface area is 111 Å². The summed E-state index contributed by atoms with van der Waals surface area (Å²) in [6.07, 6.45) is 3.54. The first-order valence-corrected chi connectivity index (χ1v) is 5.87. The van der Waals surface area contributed by atoms with Crippen LogP contribution < -0.4 is 16.4 Å². The fraction of sp³-hybridized carbons (Fsp3) is 0.143. The molecule has 1 amide bonds. The van der Waals surface area contributed by atoms with E-state index in [4.69, 9.17) is 11.5 Å². The molecule has 0 saturated carbocycles. The van der Waals surface area contributed by atoms with Gasteiger partial charge in [0.25, 0.3) is 5.91 Å². The fourth-order valence-electron chi connectivity index (χ4n) is 1.85. The molecule has 0 bridgehead atoms. The lowest BCUT2D eigenvalue weighted by atomic mass is 10.1. The molecule has 5 nitrogen and oxygen atoms in total. The lowest BCUT2D eigenvalue weighted by Crippen LogP contribution is -2.19. The van der Waals surface area contributed by atoms with E-state index in [9.17, 15) is 4.79 Å². The predicted octanol–water partition coefficient (Wildman–Crippen LogP) is 1.40. The van der Waals surface area contributed by atoms with Gasteiger partial charge >= 0.3 is 0 Å². The molecule has 0 saturated heterocycles. The summed E-state index contributed by atoms with van der Waals surface area (Å²) in [5.41, 5.74) is 13.7. The van der Waals surface area contributed by atoms with Crippen LogP contribution in [-0.4, -0.2) is 17.9 Å². The van der Waals surface area contributed by atoms with Crippen molar-refractivity contribution in [2.24, 2.45) is 5.73 Å². The van der Waals surface area contributed by atoms with E-state index in [1.54, 1.807) is 18.3 Å². The standard InChI is InChI=1S/C14H16N4O/c1-18(9-10-3-2-6-17-8-10)11-4-5-13(15)12(7-11)14(16)19/h2-8H,9,15H2,1H3,(H2,16,19). The van der Waals surface area contributed by atoms with Crippen LogP contribution in [0.15, 0.2) is 42.7 Å². The van der Waals surface area contributed by atoms with E-state index in [1.165, 1.54) is 0 Å². The highest BCUT2D eigenvalue weighted by atomic mass is 16.1. The van der Waals surface area contributed by atoms with Gasteiger partial charge in [-0.1, -0.05) is 6.07 Å². The maximum absolute atomic E-state index is 11.3. The zero-order valence-electron chi connectivity index (χ0n) is 10.7. The number of benzene rings is 1. The third-order valence-corrected chi connectivity index (χ3v) is 2.89. The van der Waals surface area contributed by atoms with Gasteiger partial charge in [0, 0.05) is 37.4 Å². The average molecular weight is 256 g/mol. The van der Waals surface area contributed by atoms with Crippen molar-refractivity contribution in [2.45, 2.75) is 6.54 Å². The van der Waals surface area contributed by atoms with Gasteiger partial charge in [-0.25, -0.2) is 0 Å². The molecule has 0 atom stereocenters. The molecule has 98 valence electrons. The first kappa shape index (κ1) is 12.9. The minimum absolute atomic E-state index is 0.343. The first-order valence-electron chi connectivity index (χ1n) is 5.87. The second kappa shape index (κ2) is 5.39. The van der Waals surface area contributed by atoms with Gasteiger partial charge in [-0.05, 0) is 29.8 Å². The first-order chi connectivity index (χ1) is 9.08. The maximum atomic E-state index is 11.3. The summed E-state index contributed by atoms with van der Waals surface area (Å²) in [7, 11) is 1.93. The summed E-state index contributed by atoms with van der Waals surface area (Å²) >= 11 is 0. The third kappa shape index (κ3) is 3.01. The number of carbonyl (C=O) groups is 1. The van der Waals surface area contributed by atoms with Gasteiger partial charge in [-0.15, -0.1) is 0 Å². The van der Waals surface area contributed by atoms with Gasteiger partial charge in [-0.2, -0.15) is 0 Å². The van der Waals surface area contributed by atoms with Gasteiger partial charge in [-0.3, -0.25) is 9.78 Å². The average Bonchev–Trinajstić information content (AvgIpc) is 2.40. The van der Waals surface area contributed by atoms with Crippen molar-refractivity contribution in [3.8, 4) is 0 Å². The lowest BCUT2D eigenvalue weighted by Gasteiger charge is -2.20. The number of hydrogen-bond acceptors (Lipinski definition) is 4. The summed E-state index contributed by atoms with van der Waals surface area (Å²) in [5, 5.41) is 0. The highest BCUT2D eigenvalue weighted by Crippen LogP contribution is 2.21. The molecular formula is C14H16N4O. The fourth-order valence-corrected chi connectivity index (χ4v) is 1.85. The van der Waals surface area contributed by atoms with E-state index < -0.39 is 5.91 Å². The predicted molar refractivity (Wildman–Crippen MR) is 75.7 cm³/mol. The Morgan fingerprint density at radius 1 is 1.37 bits per heavy atom. The largest absolute Gasteiger partial charge is 0.398 e. The summed E-state index contributed by atoms with van der Waals surface area (Å²) in [6, 6.07) is 9.14. The number of rotatable bonds is 4. The summed E-state index contributed by atoms with van der Waals surface area (Å²) in [6.45, 7) is 0.690. The second-order valence-corrected chi connectivity index (χ2v) is 4.35. The van der Waals surface area contributed by atoms with Crippen LogP contribution in [0.5, 0.6) is 0 Å². The van der Waals surface area contributed by atoms with Crippen molar-refractivity contribution in [1.82, 2.24) is 4.98 Å². The van der Waals surface area contributed by atoms with Crippen LogP contribution in [0.3, 0.4) is 0 Å². The Bertz CT molecular complexity index is 583. The van der Waals surface area contributed by atoms with Crippen molar-refractivity contribution in [3.63, 3.8) is 0 Å². The van der Waals surface area contributed by atoms with Crippen LogP contribution in [0.4, 0.5) is 11.4 Å². The molecule has 0 unspecified atom stereocenters. The molecule has 1 heterocycles. The molecule has 0 spiro atoms. The van der Waals surface area contributed by atoms with Crippen LogP contribution >= 0.6 is 0 Å². The van der Waals surface area contributed by atoms with E-state index in [0.29, 0.717) is 17.8 Å². The number of nitrogens with two attached hydrogens (primary N) is 2. The van der Waals surface area contributed by atoms with Crippen LogP contribution in [0.2, 0.25) is 0 Å². The Morgan fingerprint density at radius 3 is 2.79 bits per heavy atom. The Morgan fingerprint density at radius 2 is 2.16 bits per heavy atom. The van der Waals surface area contributed by atoms with E-state index >= 15 is 0 Å². The van der Waals surface area contributed by atoms with Crippen molar-refractivity contribution < 1.29 is 4.79 Å². The quantitative estimate of drug-likeness (QED) is 0.810. The van der Waals surface area contributed by atoms with Gasteiger partial charge in [0.2, 0.25) is 0 Å². The number of pyridine rings is 1. The lowest BCUT2D eigenvalue weighted by molar-refractivity contribution is 0.100. The summed E-state index contributed by atoms with van der Waals surface area (Å²) < 4.78 is 0. The molecule has 0 fully saturated rings. The minimum Gasteiger partial charge on any atom is -0.398 e. The zero-order valence-corrected chi connectivity index (χ0v) is 10.7. The van der Waals surface area contributed by atoms with Gasteiger partial charge in [0.05, 0.1) is 5.56 Å². The number of primary amides is 1. The molecule has 0 aliphatic rings. The van der Waals surface area contributed by atoms with Crippen LogP contribution in [0.1, 0.15) is 15.9 Å². The maximum Gasteiger partial charge on any atom is 0.250 e. The van der Waals surface area contributed by atoms with Crippen molar-refractivity contribution in [1.29, 1.82) is 0 Å². The summed E-state index contributed by atoms with van der Waals surface area (Å²) in [4.78, 5) is 17.3. The molecule has 2 rings (SSSR count). The topological polar surface area (TPSA) is 85.2 Å². The van der Waals surface area contributed by atoms with Crippen LogP contribution in [-0.2, 0) is 6.54 Å². The van der Waals surface area contributed by atoms with Crippen LogP contribution in [0, 0.1) is 0 Å². The zero-order chi connectivity index (χ0) is 13.8. The second-order valence-electron chi connectivity index (χ2n) is 4.35. The van der Waals surface area contributed by atoms with Gasteiger partial charge < -0.3 is 16.4 Å². The number of amides is 1. The number of hydrogen-bond donors (Lipinski definition) is 2. The highest BCUT2D eigenvalue weighted by Gasteiger charge is 2.09. The number of anilines is 2. The van der Waals surface area contributed by atoms with Gasteiger partial charge in [0.1, 0.15) is 0 Å². The number of carbonyl (C=O) groups excluding carboxylic acids is 1. The van der Waals surface area contributed by atoms with Gasteiger partial charge in [0.15, 0.2) is 0 Å². The van der Waals surface area contributed by atoms with Crippen molar-refractivity contribution >= 4 is 17.3 Å². The molecule has 1 aromatic carbocycles. The molecule has 4 N–H and O–H groups in total. The van der Waals surface area contributed by atoms with Crippen molar-refractivity contribution in [3.05, 3.63) is 53.9 Å². The smallest absolute Gasteiger partial charge is 0.250 e. The van der Waals surface area contributed by atoms with Crippen LogP contribution in [0.25, 0.3) is 0 Å². The molecule has 19 heavy (non-hydrogen) atoms. The number of nitrogen functional groups attached to an aromatic ring is 1. The normalized spacial score (nSPS) is 10.2. The summed E-state index contributed by atoms with van der Waals surface area (Å²) in [5.74, 6) is -0.519. The van der Waals surface area contributed by atoms with E-state index in [1.807, 2.05) is 36.3 Å². The Balaban J connectivity index is 2.22. The molecule has 1 aromatic heterocycles. The van der Waals surface area contributed by atoms with E-state index in [2.05, 4.69) is 4.98 Å². The van der Waals surface area contributed by atoms with E-state index in [-0.39, 0.29) is 0 Å². The Hall–Kier alpha value is -2.56. The SMILES string of the molecule is CN(Cc1cccnc1)c1ccc(N)c(C(N)=O)c1. The molecule has 0 radical (unpaired) electrons. The monoisotopic (exact) mass is 256 g/mol. The third-order valence-electron chi connectivity index (χ3n) is 2.89. The molecule has 0 aliphatic heterocycles. The Kier molecular flexibility index (Phi) is 3.66. The molecule has 0 aliphatic carbocycles. The number of nitrogens with zero attached hydrogens (tertiary/aromatic N) is 2. The van der Waals surface area contributed by atoms with Crippen molar-refractivity contribution in [2.75, 3.05) is 17.7 Å². The molecule has 5 heteroatoms. The van der Waals surface area contributed by atoms with E-state index in [0.717, 1.165) is 11.3 Å². The molecular weight excluding hydrogens is 240 g/mol. The minimum atomic E-state index is -0.519. The number of aromatic nitrogens is 1. The highest BCUT2D eigenvalue weighted by molar-refractivity contribution is 5.99.